The number of anilines is 1. The van der Waals surface area contributed by atoms with E-state index in [2.05, 4.69) is 15.3 Å². The Hall–Kier alpha value is -4.01. The summed E-state index contributed by atoms with van der Waals surface area (Å²) in [6, 6.07) is 13.3. The van der Waals surface area contributed by atoms with Gasteiger partial charge in [0.05, 0.1) is 11.2 Å². The van der Waals surface area contributed by atoms with Gasteiger partial charge in [-0.05, 0) is 42.8 Å². The Morgan fingerprint density at radius 3 is 2.44 bits per heavy atom. The number of aromatic nitrogens is 2. The molecule has 4 aromatic rings. The maximum Gasteiger partial charge on any atom is 0.433 e. The van der Waals surface area contributed by atoms with Crippen LogP contribution >= 0.6 is 0 Å². The molecule has 0 saturated heterocycles. The van der Waals surface area contributed by atoms with Gasteiger partial charge >= 0.3 is 6.18 Å². The number of rotatable bonds is 8. The van der Waals surface area contributed by atoms with E-state index in [1.807, 2.05) is 6.92 Å². The Kier molecular flexibility index (Phi) is 9.61. The summed E-state index contributed by atoms with van der Waals surface area (Å²) in [4.78, 5) is 7.55. The highest BCUT2D eigenvalue weighted by Gasteiger charge is 2.32. The van der Waals surface area contributed by atoms with E-state index in [0.29, 0.717) is 34.3 Å². The Morgan fingerprint density at radius 2 is 1.87 bits per heavy atom. The Bertz CT molecular complexity index is 1520. The number of oxazole rings is 1. The van der Waals surface area contributed by atoms with Crippen LogP contribution in [0.1, 0.15) is 16.8 Å². The summed E-state index contributed by atoms with van der Waals surface area (Å²) < 4.78 is 90.6. The zero-order valence-corrected chi connectivity index (χ0v) is 21.3. The van der Waals surface area contributed by atoms with Gasteiger partial charge in [-0.3, -0.25) is 9.54 Å². The van der Waals surface area contributed by atoms with Gasteiger partial charge in [-0.1, -0.05) is 23.8 Å². The van der Waals surface area contributed by atoms with Gasteiger partial charge in [-0.2, -0.15) is 26.6 Å². The molecule has 0 atom stereocenters. The van der Waals surface area contributed by atoms with Crippen molar-refractivity contribution in [2.45, 2.75) is 24.5 Å². The van der Waals surface area contributed by atoms with Crippen molar-refractivity contribution in [3.63, 3.8) is 0 Å². The average Bonchev–Trinajstić information content (AvgIpc) is 3.30. The first-order chi connectivity index (χ1) is 18.4. The molecule has 0 radical (unpaired) electrons. The molecule has 0 aliphatic heterocycles. The molecule has 0 fully saturated rings. The molecule has 0 aliphatic rings. The molecule has 0 amide bonds. The zero-order chi connectivity index (χ0) is 28.6. The van der Waals surface area contributed by atoms with Crippen molar-refractivity contribution in [1.82, 2.24) is 9.97 Å². The lowest BCUT2D eigenvalue weighted by molar-refractivity contribution is -0.141. The molecule has 2 aromatic heterocycles. The lowest BCUT2D eigenvalue weighted by Gasteiger charge is -2.06. The second kappa shape index (κ2) is 12.7. The van der Waals surface area contributed by atoms with Crippen molar-refractivity contribution in [3.8, 4) is 5.75 Å². The van der Waals surface area contributed by atoms with Crippen molar-refractivity contribution in [2.24, 2.45) is 5.73 Å². The van der Waals surface area contributed by atoms with Gasteiger partial charge in [0.15, 0.2) is 5.58 Å². The lowest BCUT2D eigenvalue weighted by Crippen LogP contribution is -2.10. The molecule has 0 unspecified atom stereocenters. The molecular formula is C25H24F4N4O5S. The van der Waals surface area contributed by atoms with Gasteiger partial charge in [-0.15, -0.1) is 0 Å². The van der Waals surface area contributed by atoms with Crippen LogP contribution in [0.5, 0.6) is 5.75 Å². The summed E-state index contributed by atoms with van der Waals surface area (Å²) in [5.74, 6) is 0.454. The minimum Gasteiger partial charge on any atom is -0.489 e. The van der Waals surface area contributed by atoms with Crippen LogP contribution in [0.4, 0.5) is 23.6 Å². The highest BCUT2D eigenvalue weighted by atomic mass is 32.2. The first-order valence-electron chi connectivity index (χ1n) is 11.2. The Balaban J connectivity index is 0.000000320. The number of halogens is 4. The van der Waals surface area contributed by atoms with Gasteiger partial charge < -0.3 is 20.2 Å². The molecule has 2 aromatic carbocycles. The predicted molar refractivity (Wildman–Crippen MR) is 135 cm³/mol. The number of pyridine rings is 1. The van der Waals surface area contributed by atoms with E-state index in [4.69, 9.17) is 19.4 Å². The number of aryl methyl sites for hydroxylation is 1. The molecule has 14 heteroatoms. The summed E-state index contributed by atoms with van der Waals surface area (Å²) in [5, 5.41) is 2.88. The number of benzene rings is 2. The van der Waals surface area contributed by atoms with Gasteiger partial charge in [-0.25, -0.2) is 4.39 Å². The van der Waals surface area contributed by atoms with Crippen LogP contribution in [-0.4, -0.2) is 36.1 Å². The fourth-order valence-electron chi connectivity index (χ4n) is 2.97. The van der Waals surface area contributed by atoms with E-state index in [1.165, 1.54) is 18.2 Å². The molecule has 4 rings (SSSR count). The molecule has 0 bridgehead atoms. The SMILES string of the molecule is Cc1ccc(S(=O)(=O)O)cc1.NC/C(=C/F)COc1ccc2nc(NCc3ccc(C(F)(F)F)nc3)oc2c1. The minimum absolute atomic E-state index is 0.0126. The largest absolute Gasteiger partial charge is 0.489 e. The summed E-state index contributed by atoms with van der Waals surface area (Å²) in [7, 11) is -4.02. The number of ether oxygens (including phenoxy) is 1. The van der Waals surface area contributed by atoms with Crippen molar-refractivity contribution in [1.29, 1.82) is 0 Å². The molecule has 2 heterocycles. The van der Waals surface area contributed by atoms with Crippen LogP contribution in [0.3, 0.4) is 0 Å². The summed E-state index contributed by atoms with van der Waals surface area (Å²) in [6.07, 6.45) is -2.93. The molecule has 208 valence electrons. The van der Waals surface area contributed by atoms with Crippen LogP contribution in [-0.2, 0) is 22.8 Å². The maximum absolute atomic E-state index is 12.5. The second-order valence-corrected chi connectivity index (χ2v) is 9.52. The number of hydrogen-bond acceptors (Lipinski definition) is 8. The highest BCUT2D eigenvalue weighted by Crippen LogP contribution is 2.28. The first kappa shape index (κ1) is 29.5. The lowest BCUT2D eigenvalue weighted by atomic mass is 10.2. The summed E-state index contributed by atoms with van der Waals surface area (Å²) in [5.41, 5.74) is 7.20. The normalized spacial score (nSPS) is 12.1. The van der Waals surface area contributed by atoms with Crippen LogP contribution in [0.15, 0.2) is 82.0 Å². The predicted octanol–water partition coefficient (Wildman–Crippen LogP) is 5.29. The van der Waals surface area contributed by atoms with E-state index in [1.54, 1.807) is 30.3 Å². The minimum atomic E-state index is -4.48. The van der Waals surface area contributed by atoms with Gasteiger partial charge in [0.1, 0.15) is 23.6 Å². The monoisotopic (exact) mass is 568 g/mol. The third-order valence-electron chi connectivity index (χ3n) is 5.08. The Morgan fingerprint density at radius 1 is 1.15 bits per heavy atom. The molecule has 0 saturated carbocycles. The fraction of sp³-hybridized carbons (Fsp3) is 0.200. The topological polar surface area (TPSA) is 141 Å². The van der Waals surface area contributed by atoms with E-state index in [9.17, 15) is 26.0 Å². The van der Waals surface area contributed by atoms with Crippen LogP contribution in [0.25, 0.3) is 11.1 Å². The number of fused-ring (bicyclic) bond motifs is 1. The number of nitrogens with zero attached hydrogens (tertiary/aromatic N) is 2. The second-order valence-electron chi connectivity index (χ2n) is 8.10. The zero-order valence-electron chi connectivity index (χ0n) is 20.4. The molecule has 9 nitrogen and oxygen atoms in total. The fourth-order valence-corrected chi connectivity index (χ4v) is 3.45. The van der Waals surface area contributed by atoms with Crippen molar-refractivity contribution >= 4 is 27.2 Å². The quantitative estimate of drug-likeness (QED) is 0.191. The maximum atomic E-state index is 12.5. The van der Waals surface area contributed by atoms with Crippen molar-refractivity contribution in [2.75, 3.05) is 18.5 Å². The van der Waals surface area contributed by atoms with Crippen molar-refractivity contribution < 1.29 is 39.7 Å². The first-order valence-corrected chi connectivity index (χ1v) is 12.6. The van der Waals surface area contributed by atoms with Gasteiger partial charge in [0.2, 0.25) is 0 Å². The van der Waals surface area contributed by atoms with E-state index >= 15 is 0 Å². The smallest absolute Gasteiger partial charge is 0.433 e. The van der Waals surface area contributed by atoms with E-state index in [0.717, 1.165) is 17.8 Å². The van der Waals surface area contributed by atoms with Crippen molar-refractivity contribution in [3.05, 3.63) is 89.5 Å². The molecular weight excluding hydrogens is 544 g/mol. The van der Waals surface area contributed by atoms with Gasteiger partial charge in [0.25, 0.3) is 16.1 Å². The summed E-state index contributed by atoms with van der Waals surface area (Å²) in [6.45, 7) is 2.09. The van der Waals surface area contributed by atoms with Crippen LogP contribution < -0.4 is 15.8 Å². The number of nitrogens with one attached hydrogen (secondary N) is 1. The average molecular weight is 569 g/mol. The standard InChI is InChI=1S/C18H16F4N4O2.C7H8O3S/c19-6-12(7-23)10-27-13-2-3-14-15(5-13)28-17(26-14)25-9-11-1-4-16(24-8-11)18(20,21)22;1-6-2-4-7(5-3-6)11(8,9)10/h1-6,8H,7,9-10,23H2,(H,25,26);2-5H,1H3,(H,8,9,10)/b12-6-;. The number of nitrogens with two attached hydrogens (primary N) is 1. The summed E-state index contributed by atoms with van der Waals surface area (Å²) >= 11 is 0. The molecule has 0 spiro atoms. The molecule has 39 heavy (non-hydrogen) atoms. The number of alkyl halides is 3. The van der Waals surface area contributed by atoms with Crippen LogP contribution in [0.2, 0.25) is 0 Å². The Labute approximate surface area is 221 Å². The number of hydrogen-bond donors (Lipinski definition) is 3. The third-order valence-corrected chi connectivity index (χ3v) is 5.95. The third kappa shape index (κ3) is 8.77. The van der Waals surface area contributed by atoms with E-state index < -0.39 is 22.0 Å². The van der Waals surface area contributed by atoms with Gasteiger partial charge in [0, 0.05) is 30.9 Å². The highest BCUT2D eigenvalue weighted by molar-refractivity contribution is 7.85. The molecule has 0 aliphatic carbocycles. The molecule has 4 N–H and O–H groups in total. The van der Waals surface area contributed by atoms with E-state index in [-0.39, 0.29) is 30.6 Å². The van der Waals surface area contributed by atoms with Crippen LogP contribution in [0, 0.1) is 6.92 Å².